The van der Waals surface area contributed by atoms with Crippen LogP contribution in [0.25, 0.3) is 17.3 Å². The Kier molecular flexibility index (Phi) is 6.72. The number of benzene rings is 1. The molecule has 200 valence electrons. The van der Waals surface area contributed by atoms with E-state index < -0.39 is 15.9 Å². The van der Waals surface area contributed by atoms with E-state index in [0.29, 0.717) is 39.6 Å². The van der Waals surface area contributed by atoms with Crippen LogP contribution in [0, 0.1) is 11.8 Å². The SMILES string of the molecule is O=C(NN1CC2CCCC2C1)Oc1nn(-c2ccc(Cl)cc2Cl)c2c1CS(=O)(=O)C/C2=C\c1ccc(Cl)o1. The molecule has 2 aliphatic heterocycles. The van der Waals surface area contributed by atoms with E-state index in [1.807, 2.05) is 5.01 Å². The Hall–Kier alpha value is -2.50. The number of rotatable bonds is 4. The number of nitrogens with one attached hydrogen (secondary N) is 1. The first kappa shape index (κ1) is 25.8. The fourth-order valence-corrected chi connectivity index (χ4v) is 7.77. The van der Waals surface area contributed by atoms with Gasteiger partial charge in [0.05, 0.1) is 33.5 Å². The molecule has 4 heterocycles. The quantitative estimate of drug-likeness (QED) is 0.415. The summed E-state index contributed by atoms with van der Waals surface area (Å²) in [6.45, 7) is 1.53. The lowest BCUT2D eigenvalue weighted by Gasteiger charge is -2.19. The highest BCUT2D eigenvalue weighted by atomic mass is 35.5. The van der Waals surface area contributed by atoms with Gasteiger partial charge in [-0.1, -0.05) is 29.6 Å². The Morgan fingerprint density at radius 1 is 1.11 bits per heavy atom. The number of fused-ring (bicyclic) bond motifs is 2. The summed E-state index contributed by atoms with van der Waals surface area (Å²) in [5.74, 6) is 0.749. The molecule has 0 radical (unpaired) electrons. The monoisotopic (exact) mass is 596 g/mol. The predicted molar refractivity (Wildman–Crippen MR) is 144 cm³/mol. The molecule has 2 fully saturated rings. The Morgan fingerprint density at radius 2 is 1.87 bits per heavy atom. The van der Waals surface area contributed by atoms with Gasteiger partial charge in [-0.2, -0.15) is 0 Å². The predicted octanol–water partition coefficient (Wildman–Crippen LogP) is 5.63. The van der Waals surface area contributed by atoms with E-state index in [1.165, 1.54) is 11.1 Å². The Balaban J connectivity index is 1.40. The van der Waals surface area contributed by atoms with Crippen molar-refractivity contribution in [1.82, 2.24) is 20.2 Å². The van der Waals surface area contributed by atoms with Gasteiger partial charge in [-0.3, -0.25) is 5.43 Å². The lowest BCUT2D eigenvalue weighted by Crippen LogP contribution is -2.42. The van der Waals surface area contributed by atoms with Crippen LogP contribution in [0.4, 0.5) is 4.79 Å². The molecule has 38 heavy (non-hydrogen) atoms. The first-order valence-corrected chi connectivity index (χ1v) is 15.1. The van der Waals surface area contributed by atoms with Gasteiger partial charge in [-0.15, -0.1) is 5.10 Å². The van der Waals surface area contributed by atoms with Crippen molar-refractivity contribution < 1.29 is 22.4 Å². The number of ether oxygens (including phenoxy) is 1. The molecule has 2 unspecified atom stereocenters. The zero-order valence-electron chi connectivity index (χ0n) is 20.0. The van der Waals surface area contributed by atoms with E-state index in [-0.39, 0.29) is 33.2 Å². The summed E-state index contributed by atoms with van der Waals surface area (Å²) >= 11 is 18.5. The number of hydrazine groups is 1. The zero-order valence-corrected chi connectivity index (χ0v) is 23.1. The summed E-state index contributed by atoms with van der Waals surface area (Å²) in [5, 5.41) is 7.25. The summed E-state index contributed by atoms with van der Waals surface area (Å²) in [6.07, 6.45) is 4.39. The number of furan rings is 1. The number of aromatic nitrogens is 2. The van der Waals surface area contributed by atoms with Crippen molar-refractivity contribution in [2.75, 3.05) is 18.8 Å². The Morgan fingerprint density at radius 3 is 2.55 bits per heavy atom. The molecule has 9 nitrogen and oxygen atoms in total. The first-order valence-electron chi connectivity index (χ1n) is 12.1. The average molecular weight is 598 g/mol. The van der Waals surface area contributed by atoms with Crippen molar-refractivity contribution in [2.45, 2.75) is 25.0 Å². The average Bonchev–Trinajstić information content (AvgIpc) is 3.58. The lowest BCUT2D eigenvalue weighted by atomic mass is 10.0. The van der Waals surface area contributed by atoms with Crippen LogP contribution in [-0.2, 0) is 15.6 Å². The second-order valence-corrected chi connectivity index (χ2v) is 13.1. The van der Waals surface area contributed by atoms with Gasteiger partial charge >= 0.3 is 6.09 Å². The second kappa shape index (κ2) is 9.91. The second-order valence-electron chi connectivity index (χ2n) is 9.84. The Bertz CT molecular complexity index is 1550. The third kappa shape index (κ3) is 5.08. The molecule has 2 aromatic heterocycles. The maximum Gasteiger partial charge on any atom is 0.428 e. The lowest BCUT2D eigenvalue weighted by molar-refractivity contribution is 0.153. The largest absolute Gasteiger partial charge is 0.445 e. The van der Waals surface area contributed by atoms with Crippen molar-refractivity contribution in [3.8, 4) is 11.6 Å². The van der Waals surface area contributed by atoms with Crippen LogP contribution in [0.2, 0.25) is 15.3 Å². The number of hydrogen-bond acceptors (Lipinski definition) is 7. The molecule has 1 aliphatic carbocycles. The van der Waals surface area contributed by atoms with Gasteiger partial charge in [-0.05, 0) is 78.3 Å². The molecule has 1 saturated heterocycles. The highest BCUT2D eigenvalue weighted by Crippen LogP contribution is 2.40. The van der Waals surface area contributed by atoms with Gasteiger partial charge in [0.1, 0.15) is 5.76 Å². The number of halogens is 3. The standard InChI is InChI=1S/C25H23Cl3N4O5S/c26-17-4-6-21(20(27)9-17)32-23-16(8-18-5-7-22(28)36-18)12-38(34,35)13-19(23)24(29-32)37-25(33)30-31-10-14-2-1-3-15(14)11-31/h4-9,14-15H,1-3,10-13H2,(H,30,33)/b16-8+. The van der Waals surface area contributed by atoms with Gasteiger partial charge < -0.3 is 9.15 Å². The van der Waals surface area contributed by atoms with E-state index in [0.717, 1.165) is 25.9 Å². The van der Waals surface area contributed by atoms with Gasteiger partial charge in [0.2, 0.25) is 5.88 Å². The van der Waals surface area contributed by atoms with Crippen molar-refractivity contribution in [3.63, 3.8) is 0 Å². The maximum atomic E-state index is 13.0. The fourth-order valence-electron chi connectivity index (χ4n) is 5.63. The number of sulfone groups is 1. The van der Waals surface area contributed by atoms with Crippen LogP contribution in [0.15, 0.2) is 34.7 Å². The normalized spacial score (nSPS) is 23.4. The minimum absolute atomic E-state index is 0.116. The van der Waals surface area contributed by atoms with Crippen molar-refractivity contribution >= 4 is 62.4 Å². The van der Waals surface area contributed by atoms with E-state index in [9.17, 15) is 13.2 Å². The molecule has 0 spiro atoms. The van der Waals surface area contributed by atoms with E-state index in [2.05, 4.69) is 10.5 Å². The molecule has 1 aromatic carbocycles. The van der Waals surface area contributed by atoms with Crippen LogP contribution in [0.5, 0.6) is 5.88 Å². The topological polar surface area (TPSA) is 107 Å². The molecule has 3 aromatic rings. The summed E-state index contributed by atoms with van der Waals surface area (Å²) in [5.41, 5.74) is 4.31. The summed E-state index contributed by atoms with van der Waals surface area (Å²) < 4.78 is 38.5. The fraction of sp³-hybridized carbons (Fsp3) is 0.360. The molecule has 1 saturated carbocycles. The summed E-state index contributed by atoms with van der Waals surface area (Å²) in [7, 11) is -3.61. The highest BCUT2D eigenvalue weighted by Gasteiger charge is 2.38. The van der Waals surface area contributed by atoms with Crippen molar-refractivity contribution in [3.05, 3.63) is 62.6 Å². The van der Waals surface area contributed by atoms with Crippen LogP contribution in [0.1, 0.15) is 36.3 Å². The number of nitrogens with zero attached hydrogens (tertiary/aromatic N) is 3. The molecule has 0 bridgehead atoms. The smallest absolute Gasteiger partial charge is 0.428 e. The van der Waals surface area contributed by atoms with E-state index in [4.69, 9.17) is 44.0 Å². The molecule has 1 N–H and O–H groups in total. The van der Waals surface area contributed by atoms with Gasteiger partial charge in [0.25, 0.3) is 0 Å². The summed E-state index contributed by atoms with van der Waals surface area (Å²) in [4.78, 5) is 12.9. The molecule has 6 rings (SSSR count). The first-order chi connectivity index (χ1) is 18.1. The van der Waals surface area contributed by atoms with E-state index in [1.54, 1.807) is 36.4 Å². The zero-order chi connectivity index (χ0) is 26.6. The summed E-state index contributed by atoms with van der Waals surface area (Å²) in [6, 6.07) is 8.05. The third-order valence-corrected chi connectivity index (χ3v) is 9.42. The minimum atomic E-state index is -3.61. The molecular weight excluding hydrogens is 575 g/mol. The molecule has 2 atom stereocenters. The third-order valence-electron chi connectivity index (χ3n) is 7.20. The van der Waals surface area contributed by atoms with Gasteiger partial charge in [-0.25, -0.2) is 22.9 Å². The molecule has 1 amide bonds. The van der Waals surface area contributed by atoms with Crippen LogP contribution < -0.4 is 10.2 Å². The van der Waals surface area contributed by atoms with Crippen molar-refractivity contribution in [2.24, 2.45) is 11.8 Å². The van der Waals surface area contributed by atoms with Crippen LogP contribution >= 0.6 is 34.8 Å². The van der Waals surface area contributed by atoms with Crippen LogP contribution in [-0.4, -0.2) is 48.1 Å². The minimum Gasteiger partial charge on any atom is -0.445 e. The van der Waals surface area contributed by atoms with E-state index >= 15 is 0 Å². The molecule has 13 heteroatoms. The number of amides is 1. The molecular formula is C25H23Cl3N4O5S. The number of carbonyl (C=O) groups is 1. The van der Waals surface area contributed by atoms with Crippen LogP contribution in [0.3, 0.4) is 0 Å². The Labute approximate surface area is 234 Å². The van der Waals surface area contributed by atoms with Gasteiger partial charge in [0, 0.05) is 18.1 Å². The molecule has 3 aliphatic rings. The number of carbonyl (C=O) groups excluding carboxylic acids is 1. The maximum absolute atomic E-state index is 13.0. The van der Waals surface area contributed by atoms with Crippen molar-refractivity contribution in [1.29, 1.82) is 0 Å². The highest BCUT2D eigenvalue weighted by molar-refractivity contribution is 7.91. The number of hydrogen-bond donors (Lipinski definition) is 1. The van der Waals surface area contributed by atoms with Gasteiger partial charge in [0.15, 0.2) is 15.1 Å².